The number of methoxy groups -OCH3 is 2. The summed E-state index contributed by atoms with van der Waals surface area (Å²) in [5.74, 6) is 0.635. The largest absolute Gasteiger partial charge is 1.00 e. The van der Waals surface area contributed by atoms with Crippen molar-refractivity contribution in [3.05, 3.63) is 218 Å². The predicted molar refractivity (Wildman–Crippen MR) is 398 cm³/mol. The van der Waals surface area contributed by atoms with Gasteiger partial charge in [-0.1, -0.05) is 324 Å². The fourth-order valence-corrected chi connectivity index (χ4v) is 14.5. The van der Waals surface area contributed by atoms with Crippen LogP contribution in [0.3, 0.4) is 0 Å². The van der Waals surface area contributed by atoms with E-state index in [2.05, 4.69) is 259 Å². The Morgan fingerprint density at radius 3 is 0.938 bits per heavy atom. The van der Waals surface area contributed by atoms with E-state index in [1.54, 1.807) is 14.2 Å². The molecule has 10 heteroatoms. The Labute approximate surface area is 532 Å². The number of allylic oxidation sites excluding steroid dienone is 5. The maximum atomic E-state index is 5.21. The molecule has 6 rings (SSSR count). The fraction of sp³-hybridized carbons (Fsp3) is 0.408. The molecule has 6 aromatic rings. The Hall–Kier alpha value is -3.24. The summed E-state index contributed by atoms with van der Waals surface area (Å²) in [5, 5.41) is 9.82. The Balaban J connectivity index is -0.000000169. The lowest BCUT2D eigenvalue weighted by Gasteiger charge is -2.27. The molecule has 0 aliphatic carbocycles. The highest BCUT2D eigenvalue weighted by Gasteiger charge is 2.44. The molecule has 0 aromatic heterocycles. The lowest BCUT2D eigenvalue weighted by Crippen LogP contribution is -3.00. The van der Waals surface area contributed by atoms with Gasteiger partial charge in [0.1, 0.15) is 23.2 Å². The van der Waals surface area contributed by atoms with Crippen molar-refractivity contribution in [3.8, 4) is 0 Å². The molecule has 0 aliphatic rings. The molecule has 2 nitrogen and oxygen atoms in total. The third-order valence-electron chi connectivity index (χ3n) is 11.1. The molecule has 0 spiro atoms. The average molecular weight is 1290 g/mol. The number of hydrogen-bond acceptors (Lipinski definition) is 2. The molecule has 0 unspecified atom stereocenters. The van der Waals surface area contributed by atoms with Gasteiger partial charge in [-0.2, -0.15) is 0 Å². The standard InChI is InChI=1S/C22H24P.C18H15P.C6H14.C6H12.C5H12O.C5H10O.C4H9Br.C4H7Cl.CH4.3BH4.BrH/c1-2-3-19-23(20-13-7-4-8-14-20,21-15-9-5-10-16-21)22-17-11-6-12-18-22;1-4-10-16(11-5-1)19(17-12-6-2-7-13-17)18-14-8-3-9-15-18;2*1-3-5-6-4-2;2*1-3-4-5-6-2;2*1-2-3-4-5;;;;;/h4-18H,2-3,19H2,1H3;1-15H;3-6H2,1-2H3;3,5H,4,6H2,1-2H3;3-5H2,1-2H3;3-4H,5H2,1-2H3;2-4H2,1H3;2-3H,4H2,1H3;4*1H4;1H/q+1;;;;;;;;;3*-1;/p-1/b;;;5-3-;;4-3+;;3-2-;;;;;. The number of ether oxygens (including phenoxy) is 2. The van der Waals surface area contributed by atoms with Crippen LogP contribution in [0.2, 0.25) is 0 Å². The normalized spacial score (nSPS) is 9.70. The van der Waals surface area contributed by atoms with Gasteiger partial charge in [0.15, 0.2) is 0 Å². The molecule has 0 N–H and O–H groups in total. The first-order valence-electron chi connectivity index (χ1n) is 28.2. The Morgan fingerprint density at radius 2 is 0.753 bits per heavy atom. The van der Waals surface area contributed by atoms with Crippen molar-refractivity contribution in [2.45, 2.75) is 147 Å². The minimum atomic E-state index is -1.57. The van der Waals surface area contributed by atoms with Gasteiger partial charge in [-0.05, 0) is 107 Å². The molecule has 0 fully saturated rings. The van der Waals surface area contributed by atoms with Crippen molar-refractivity contribution >= 4 is 99.8 Å². The van der Waals surface area contributed by atoms with Crippen molar-refractivity contribution < 1.29 is 26.5 Å². The van der Waals surface area contributed by atoms with Crippen LogP contribution in [0.25, 0.3) is 0 Å². The average Bonchev–Trinajstić information content (AvgIpc) is 3.48. The first-order valence-corrected chi connectivity index (χ1v) is 33.2. The molecule has 0 atom stereocenters. The number of hydrogen-bond donors (Lipinski definition) is 0. The molecule has 81 heavy (non-hydrogen) atoms. The third kappa shape index (κ3) is 46.8. The summed E-state index contributed by atoms with van der Waals surface area (Å²) < 4.78 is 9.48. The topological polar surface area (TPSA) is 18.5 Å². The molecule has 0 bridgehead atoms. The van der Waals surface area contributed by atoms with Gasteiger partial charge in [0.25, 0.3) is 0 Å². The summed E-state index contributed by atoms with van der Waals surface area (Å²) in [6, 6.07) is 65.7. The number of unbranched alkanes of at least 4 members (excludes halogenated alkanes) is 7. The highest BCUT2D eigenvalue weighted by molar-refractivity contribution is 9.09. The summed E-state index contributed by atoms with van der Waals surface area (Å²) in [6.07, 6.45) is 28.8. The van der Waals surface area contributed by atoms with E-state index in [0.29, 0.717) is 5.88 Å². The van der Waals surface area contributed by atoms with Crippen LogP contribution in [-0.2, 0) is 9.47 Å². The van der Waals surface area contributed by atoms with Gasteiger partial charge >= 0.3 is 0 Å². The lowest BCUT2D eigenvalue weighted by molar-refractivity contribution is -0.0000173. The summed E-state index contributed by atoms with van der Waals surface area (Å²) in [4.78, 5) is 0. The molecule has 458 valence electrons. The summed E-state index contributed by atoms with van der Waals surface area (Å²) in [6.45, 7) is 20.9. The van der Waals surface area contributed by atoms with Gasteiger partial charge < -0.3 is 26.5 Å². The van der Waals surface area contributed by atoms with Crippen molar-refractivity contribution in [2.24, 2.45) is 0 Å². The van der Waals surface area contributed by atoms with Crippen LogP contribution in [0.4, 0.5) is 0 Å². The summed E-state index contributed by atoms with van der Waals surface area (Å²) >= 11 is 8.52. The van der Waals surface area contributed by atoms with E-state index in [4.69, 9.17) is 21.1 Å². The Bertz CT molecular complexity index is 1920. The smallest absolute Gasteiger partial charge is 0.112 e. The van der Waals surface area contributed by atoms with Gasteiger partial charge in [0.05, 0.1) is 12.8 Å². The van der Waals surface area contributed by atoms with Crippen LogP contribution in [0, 0.1) is 0 Å². The summed E-state index contributed by atoms with van der Waals surface area (Å²) in [5.41, 5.74) is 0. The van der Waals surface area contributed by atoms with Crippen LogP contribution in [0.1, 0.15) is 147 Å². The second-order valence-corrected chi connectivity index (χ2v) is 24.4. The van der Waals surface area contributed by atoms with Gasteiger partial charge in [-0.25, -0.2) is 0 Å². The molecular weight excluding hydrogens is 1170 g/mol. The fourth-order valence-electron chi connectivity index (χ4n) is 6.99. The maximum Gasteiger partial charge on any atom is 0.112 e. The van der Waals surface area contributed by atoms with Crippen LogP contribution in [0.15, 0.2) is 218 Å². The number of halogens is 3. The highest BCUT2D eigenvalue weighted by Crippen LogP contribution is 2.55. The highest BCUT2D eigenvalue weighted by atomic mass is 79.9. The third-order valence-corrected chi connectivity index (χ3v) is 18.9. The molecule has 0 saturated heterocycles. The van der Waals surface area contributed by atoms with Gasteiger partial charge in [0.2, 0.25) is 0 Å². The van der Waals surface area contributed by atoms with Crippen molar-refractivity contribution in [1.82, 2.24) is 0 Å². The quantitative estimate of drug-likeness (QED) is 0.0222. The number of rotatable bonds is 22. The Kier molecular flexibility index (Phi) is 80.2. The van der Waals surface area contributed by atoms with Gasteiger partial charge in [0, 0.05) is 32.0 Å². The second-order valence-electron chi connectivity index (χ2n) is 17.4. The van der Waals surface area contributed by atoms with E-state index < -0.39 is 15.2 Å². The van der Waals surface area contributed by atoms with Crippen molar-refractivity contribution in [3.63, 3.8) is 0 Å². The van der Waals surface area contributed by atoms with Crippen LogP contribution < -0.4 is 48.8 Å². The van der Waals surface area contributed by atoms with Crippen molar-refractivity contribution in [2.75, 3.05) is 44.8 Å². The number of benzene rings is 6. The van der Waals surface area contributed by atoms with E-state index in [-0.39, 0.29) is 49.6 Å². The Morgan fingerprint density at radius 1 is 0.432 bits per heavy atom. The first kappa shape index (κ1) is 91.5. The second kappa shape index (κ2) is 71.0. The molecule has 0 heterocycles. The molecular formula is C71H119B3Br2ClO2P2-3. The zero-order valence-electron chi connectivity index (χ0n) is 49.7. The van der Waals surface area contributed by atoms with Gasteiger partial charge in [-0.15, -0.1) is 11.6 Å². The lowest BCUT2D eigenvalue weighted by atomic mass is 10.2. The minimum Gasteiger partial charge on any atom is -1.00 e. The zero-order valence-corrected chi connectivity index (χ0v) is 55.4. The zero-order chi connectivity index (χ0) is 56.4. The molecule has 0 amide bonds. The van der Waals surface area contributed by atoms with E-state index >= 15 is 0 Å². The number of alkyl halides is 2. The first-order chi connectivity index (χ1) is 37.3. The minimum absolute atomic E-state index is 0. The molecule has 0 aliphatic heterocycles. The molecule has 0 saturated carbocycles. The van der Waals surface area contributed by atoms with Crippen LogP contribution in [0.5, 0.6) is 0 Å². The molecule has 0 radical (unpaired) electrons. The molecule has 6 aromatic carbocycles. The van der Waals surface area contributed by atoms with Crippen LogP contribution in [-0.4, -0.2) is 70.0 Å². The maximum absolute atomic E-state index is 5.21. The SMILES string of the molecule is C.C/C=C/COC.C/C=C\CCC.C/C=C\CCl.CCCCBr.CCCCCC.CCCCOC.CCCC[P+](c1ccccc1)(c1ccccc1)c1ccccc1.[BH4-].[BH4-].[BH4-].[Br-].c1ccc(P(c2ccccc2)c2ccccc2)cc1. The van der Waals surface area contributed by atoms with E-state index in [0.717, 1.165) is 18.5 Å². The summed E-state index contributed by atoms with van der Waals surface area (Å²) in [7, 11) is 1.40. The van der Waals surface area contributed by atoms with Crippen LogP contribution >= 0.6 is 42.7 Å². The van der Waals surface area contributed by atoms with E-state index in [1.165, 1.54) is 115 Å². The van der Waals surface area contributed by atoms with E-state index in [9.17, 15) is 0 Å². The van der Waals surface area contributed by atoms with Gasteiger partial charge in [-0.3, -0.25) is 0 Å². The monoisotopic (exact) mass is 1290 g/mol. The van der Waals surface area contributed by atoms with Crippen molar-refractivity contribution in [1.29, 1.82) is 0 Å². The predicted octanol–water partition coefficient (Wildman–Crippen LogP) is 13.1. The van der Waals surface area contributed by atoms with E-state index in [1.807, 2.05) is 38.2 Å².